The second-order valence-corrected chi connectivity index (χ2v) is 3.05. The molecule has 0 aliphatic carbocycles. The second-order valence-electron chi connectivity index (χ2n) is 3.05. The summed E-state index contributed by atoms with van der Waals surface area (Å²) in [6.07, 6.45) is 0.809. The Hall–Kier alpha value is -0.610. The van der Waals surface area contributed by atoms with Gasteiger partial charge in [-0.3, -0.25) is 4.79 Å². The molecule has 0 bridgehead atoms. The number of carbonyl (C=O) groups is 1. The van der Waals surface area contributed by atoms with E-state index in [0.29, 0.717) is 6.54 Å². The summed E-state index contributed by atoms with van der Waals surface area (Å²) in [6.45, 7) is 3.01. The van der Waals surface area contributed by atoms with Crippen LogP contribution in [0.1, 0.15) is 13.3 Å². The van der Waals surface area contributed by atoms with Crippen LogP contribution in [0.15, 0.2) is 0 Å². The molecule has 0 aromatic heterocycles. The van der Waals surface area contributed by atoms with Gasteiger partial charge in [0, 0.05) is 13.5 Å². The van der Waals surface area contributed by atoms with Gasteiger partial charge in [0.25, 0.3) is 0 Å². The third-order valence-corrected chi connectivity index (χ3v) is 1.99. The van der Waals surface area contributed by atoms with Gasteiger partial charge < -0.3 is 15.7 Å². The van der Waals surface area contributed by atoms with E-state index in [1.807, 2.05) is 0 Å². The maximum atomic E-state index is 10.7. The van der Waals surface area contributed by atoms with Crippen molar-refractivity contribution in [1.29, 1.82) is 0 Å². The summed E-state index contributed by atoms with van der Waals surface area (Å²) in [7, 11) is 0. The van der Waals surface area contributed by atoms with Gasteiger partial charge in [-0.2, -0.15) is 0 Å². The lowest BCUT2D eigenvalue weighted by atomic mass is 10.0. The normalized spacial score (nSPS) is 30.4. The van der Waals surface area contributed by atoms with Crippen molar-refractivity contribution in [3.8, 4) is 0 Å². The first kappa shape index (κ1) is 8.49. The van der Waals surface area contributed by atoms with Crippen LogP contribution in [-0.2, 0) is 4.79 Å². The van der Waals surface area contributed by atoms with Gasteiger partial charge in [0.2, 0.25) is 5.91 Å². The molecule has 0 aromatic rings. The molecule has 1 amide bonds. The molecule has 1 heterocycles. The number of nitrogens with one attached hydrogen (secondary N) is 2. The number of hydrogen-bond acceptors (Lipinski definition) is 3. The van der Waals surface area contributed by atoms with E-state index in [2.05, 4.69) is 10.6 Å². The van der Waals surface area contributed by atoms with Gasteiger partial charge in [0.05, 0.1) is 12.1 Å². The molecule has 0 radical (unpaired) electrons. The fraction of sp³-hybridized carbons (Fsp3) is 0.857. The van der Waals surface area contributed by atoms with Crippen LogP contribution in [0.2, 0.25) is 0 Å². The lowest BCUT2D eigenvalue weighted by Crippen LogP contribution is -2.52. The van der Waals surface area contributed by atoms with Gasteiger partial charge in [0.15, 0.2) is 0 Å². The van der Waals surface area contributed by atoms with Crippen molar-refractivity contribution < 1.29 is 9.90 Å². The Bertz CT molecular complexity index is 153. The number of aliphatic hydroxyl groups is 1. The van der Waals surface area contributed by atoms with Gasteiger partial charge in [0.1, 0.15) is 0 Å². The average Bonchev–Trinajstić information content (AvgIpc) is 2.36. The van der Waals surface area contributed by atoms with Crippen molar-refractivity contribution in [2.45, 2.75) is 18.9 Å². The highest BCUT2D eigenvalue weighted by Gasteiger charge is 2.33. The predicted molar refractivity (Wildman–Crippen MR) is 41.1 cm³/mol. The predicted octanol–water partition coefficient (Wildman–Crippen LogP) is -1.15. The van der Waals surface area contributed by atoms with Crippen LogP contribution in [-0.4, -0.2) is 36.2 Å². The summed E-state index contributed by atoms with van der Waals surface area (Å²) < 4.78 is 0. The minimum atomic E-state index is -0.397. The first-order valence-corrected chi connectivity index (χ1v) is 3.79. The Balaban J connectivity index is 2.52. The van der Waals surface area contributed by atoms with Crippen LogP contribution in [0.25, 0.3) is 0 Å². The van der Waals surface area contributed by atoms with Crippen LogP contribution in [0.3, 0.4) is 0 Å². The average molecular weight is 158 g/mol. The zero-order chi connectivity index (χ0) is 8.32. The van der Waals surface area contributed by atoms with E-state index in [4.69, 9.17) is 5.11 Å². The van der Waals surface area contributed by atoms with E-state index in [9.17, 15) is 4.79 Å². The molecule has 1 atom stereocenters. The molecule has 1 fully saturated rings. The summed E-state index contributed by atoms with van der Waals surface area (Å²) in [6, 6.07) is 0. The minimum Gasteiger partial charge on any atom is -0.394 e. The molecule has 0 aromatic carbocycles. The van der Waals surface area contributed by atoms with Crippen molar-refractivity contribution in [3.05, 3.63) is 0 Å². The van der Waals surface area contributed by atoms with E-state index in [1.165, 1.54) is 6.92 Å². The lowest BCUT2D eigenvalue weighted by molar-refractivity contribution is -0.121. The number of amides is 1. The number of hydrogen-bond donors (Lipinski definition) is 3. The van der Waals surface area contributed by atoms with Crippen molar-refractivity contribution in [2.24, 2.45) is 0 Å². The Kier molecular flexibility index (Phi) is 2.46. The fourth-order valence-corrected chi connectivity index (χ4v) is 1.40. The van der Waals surface area contributed by atoms with E-state index in [-0.39, 0.29) is 12.5 Å². The standard InChI is InChI=1S/C7H14N2O2/c1-6(11)9-7(5-10)2-3-8-4-7/h8,10H,2-5H2,1H3,(H,9,11). The zero-order valence-corrected chi connectivity index (χ0v) is 6.68. The Morgan fingerprint density at radius 2 is 2.55 bits per heavy atom. The smallest absolute Gasteiger partial charge is 0.217 e. The lowest BCUT2D eigenvalue weighted by Gasteiger charge is -2.26. The van der Waals surface area contributed by atoms with Gasteiger partial charge >= 0.3 is 0 Å². The molecule has 0 saturated carbocycles. The van der Waals surface area contributed by atoms with Crippen LogP contribution in [0.5, 0.6) is 0 Å². The fourth-order valence-electron chi connectivity index (χ4n) is 1.40. The van der Waals surface area contributed by atoms with E-state index in [0.717, 1.165) is 13.0 Å². The van der Waals surface area contributed by atoms with Crippen LogP contribution in [0.4, 0.5) is 0 Å². The van der Waals surface area contributed by atoms with Gasteiger partial charge in [-0.25, -0.2) is 0 Å². The summed E-state index contributed by atoms with van der Waals surface area (Å²) in [5.74, 6) is -0.0808. The van der Waals surface area contributed by atoms with E-state index < -0.39 is 5.54 Å². The van der Waals surface area contributed by atoms with Crippen molar-refractivity contribution >= 4 is 5.91 Å². The largest absolute Gasteiger partial charge is 0.394 e. The molecule has 0 spiro atoms. The highest BCUT2D eigenvalue weighted by Crippen LogP contribution is 2.12. The molecule has 64 valence electrons. The second kappa shape index (κ2) is 3.19. The molecule has 3 N–H and O–H groups in total. The third-order valence-electron chi connectivity index (χ3n) is 1.99. The van der Waals surface area contributed by atoms with Crippen molar-refractivity contribution in [3.63, 3.8) is 0 Å². The Morgan fingerprint density at radius 3 is 2.91 bits per heavy atom. The van der Waals surface area contributed by atoms with E-state index >= 15 is 0 Å². The number of aliphatic hydroxyl groups excluding tert-OH is 1. The number of carbonyl (C=O) groups excluding carboxylic acids is 1. The van der Waals surface area contributed by atoms with Crippen LogP contribution >= 0.6 is 0 Å². The van der Waals surface area contributed by atoms with Crippen LogP contribution < -0.4 is 10.6 Å². The molecular weight excluding hydrogens is 144 g/mol. The van der Waals surface area contributed by atoms with Crippen molar-refractivity contribution in [1.82, 2.24) is 10.6 Å². The molecule has 1 saturated heterocycles. The summed E-state index contributed by atoms with van der Waals surface area (Å²) in [4.78, 5) is 10.7. The molecule has 1 unspecified atom stereocenters. The Morgan fingerprint density at radius 1 is 1.82 bits per heavy atom. The molecule has 4 heteroatoms. The van der Waals surface area contributed by atoms with Gasteiger partial charge in [-0.1, -0.05) is 0 Å². The third kappa shape index (κ3) is 1.91. The first-order valence-electron chi connectivity index (χ1n) is 3.79. The molecule has 1 aliphatic heterocycles. The highest BCUT2D eigenvalue weighted by atomic mass is 16.3. The quantitative estimate of drug-likeness (QED) is 0.475. The summed E-state index contributed by atoms with van der Waals surface area (Å²) >= 11 is 0. The number of rotatable bonds is 2. The summed E-state index contributed by atoms with van der Waals surface area (Å²) in [5.41, 5.74) is -0.397. The maximum Gasteiger partial charge on any atom is 0.217 e. The first-order chi connectivity index (χ1) is 5.18. The maximum absolute atomic E-state index is 10.7. The highest BCUT2D eigenvalue weighted by molar-refractivity contribution is 5.74. The minimum absolute atomic E-state index is 0.0135. The molecule has 1 rings (SSSR count). The molecule has 4 nitrogen and oxygen atoms in total. The molecular formula is C7H14N2O2. The van der Waals surface area contributed by atoms with E-state index in [1.54, 1.807) is 0 Å². The zero-order valence-electron chi connectivity index (χ0n) is 6.68. The monoisotopic (exact) mass is 158 g/mol. The molecule has 11 heavy (non-hydrogen) atoms. The van der Waals surface area contributed by atoms with Crippen molar-refractivity contribution in [2.75, 3.05) is 19.7 Å². The summed E-state index contributed by atoms with van der Waals surface area (Å²) in [5, 5.41) is 14.9. The van der Waals surface area contributed by atoms with Crippen LogP contribution in [0, 0.1) is 0 Å². The topological polar surface area (TPSA) is 61.4 Å². The SMILES string of the molecule is CC(=O)NC1(CO)CCNC1. The van der Waals surface area contributed by atoms with Gasteiger partial charge in [-0.15, -0.1) is 0 Å². The Labute approximate surface area is 66.0 Å². The molecule has 1 aliphatic rings. The van der Waals surface area contributed by atoms with Gasteiger partial charge in [-0.05, 0) is 13.0 Å².